The van der Waals surface area contributed by atoms with Gasteiger partial charge in [-0.05, 0) is 6.92 Å². The molecule has 5 nitrogen and oxygen atoms in total. The Labute approximate surface area is 89.7 Å². The van der Waals surface area contributed by atoms with Crippen LogP contribution < -0.4 is 5.32 Å². The Kier molecular flexibility index (Phi) is 3.56. The second-order valence-electron chi connectivity index (χ2n) is 4.03. The normalized spacial score (nSPS) is 32.7. The van der Waals surface area contributed by atoms with Crippen LogP contribution in [0.5, 0.6) is 0 Å². The molecule has 0 aliphatic carbocycles. The lowest BCUT2D eigenvalue weighted by Crippen LogP contribution is -2.53. The molecular formula is C10H18N2O3. The van der Waals surface area contributed by atoms with Crippen molar-refractivity contribution in [2.75, 3.05) is 39.4 Å². The fourth-order valence-electron chi connectivity index (χ4n) is 1.95. The molecule has 2 unspecified atom stereocenters. The van der Waals surface area contributed by atoms with Gasteiger partial charge in [-0.25, -0.2) is 0 Å². The van der Waals surface area contributed by atoms with E-state index in [9.17, 15) is 4.79 Å². The van der Waals surface area contributed by atoms with E-state index < -0.39 is 0 Å². The molecule has 15 heavy (non-hydrogen) atoms. The maximum atomic E-state index is 12.0. The minimum Gasteiger partial charge on any atom is -0.375 e. The quantitative estimate of drug-likeness (QED) is 0.622. The standard InChI is InChI=1S/C10H18N2O3/c1-8-7-12(3-5-14-8)10(13)9-6-11-2-4-15-9/h8-9,11H,2-7H2,1H3. The summed E-state index contributed by atoms with van der Waals surface area (Å²) < 4.78 is 10.8. The lowest BCUT2D eigenvalue weighted by atomic mass is 10.2. The molecule has 2 atom stereocenters. The van der Waals surface area contributed by atoms with Gasteiger partial charge in [0.15, 0.2) is 0 Å². The van der Waals surface area contributed by atoms with Crippen molar-refractivity contribution in [3.05, 3.63) is 0 Å². The molecule has 2 fully saturated rings. The lowest BCUT2D eigenvalue weighted by molar-refractivity contribution is -0.151. The van der Waals surface area contributed by atoms with Crippen LogP contribution in [0.25, 0.3) is 0 Å². The van der Waals surface area contributed by atoms with Gasteiger partial charge >= 0.3 is 0 Å². The number of ether oxygens (including phenoxy) is 2. The Morgan fingerprint density at radius 1 is 1.40 bits per heavy atom. The zero-order valence-corrected chi connectivity index (χ0v) is 9.07. The number of rotatable bonds is 1. The van der Waals surface area contributed by atoms with Gasteiger partial charge in [0.25, 0.3) is 5.91 Å². The van der Waals surface area contributed by atoms with Crippen molar-refractivity contribution in [2.45, 2.75) is 19.1 Å². The van der Waals surface area contributed by atoms with E-state index >= 15 is 0 Å². The predicted octanol–water partition coefficient (Wildman–Crippen LogP) is -0.778. The maximum absolute atomic E-state index is 12.0. The van der Waals surface area contributed by atoms with Crippen molar-refractivity contribution in [3.8, 4) is 0 Å². The number of nitrogens with one attached hydrogen (secondary N) is 1. The van der Waals surface area contributed by atoms with Gasteiger partial charge in [-0.1, -0.05) is 0 Å². The van der Waals surface area contributed by atoms with Gasteiger partial charge < -0.3 is 19.7 Å². The molecule has 2 aliphatic rings. The fraction of sp³-hybridized carbons (Fsp3) is 0.900. The van der Waals surface area contributed by atoms with E-state index in [1.165, 1.54) is 0 Å². The summed E-state index contributed by atoms with van der Waals surface area (Å²) in [6, 6.07) is 0. The van der Waals surface area contributed by atoms with Crippen molar-refractivity contribution in [3.63, 3.8) is 0 Å². The maximum Gasteiger partial charge on any atom is 0.253 e. The largest absolute Gasteiger partial charge is 0.375 e. The Morgan fingerprint density at radius 3 is 2.93 bits per heavy atom. The summed E-state index contributed by atoms with van der Waals surface area (Å²) in [7, 11) is 0. The number of hydrogen-bond acceptors (Lipinski definition) is 4. The Bertz CT molecular complexity index is 229. The molecule has 2 heterocycles. The van der Waals surface area contributed by atoms with Crippen molar-refractivity contribution in [2.24, 2.45) is 0 Å². The first-order valence-corrected chi connectivity index (χ1v) is 5.50. The highest BCUT2D eigenvalue weighted by atomic mass is 16.5. The van der Waals surface area contributed by atoms with Gasteiger partial charge in [-0.15, -0.1) is 0 Å². The monoisotopic (exact) mass is 214 g/mol. The average molecular weight is 214 g/mol. The van der Waals surface area contributed by atoms with Crippen molar-refractivity contribution >= 4 is 5.91 Å². The second-order valence-corrected chi connectivity index (χ2v) is 4.03. The minimum atomic E-state index is -0.302. The molecule has 1 amide bonds. The summed E-state index contributed by atoms with van der Waals surface area (Å²) in [5.74, 6) is 0.0948. The first-order chi connectivity index (χ1) is 7.27. The summed E-state index contributed by atoms with van der Waals surface area (Å²) in [6.07, 6.45) is -0.164. The SMILES string of the molecule is CC1CN(C(=O)C2CNCCO2)CCO1. The van der Waals surface area contributed by atoms with E-state index in [0.717, 1.165) is 6.54 Å². The molecule has 0 aromatic heterocycles. The molecule has 5 heteroatoms. The van der Waals surface area contributed by atoms with Crippen LogP contribution in [-0.2, 0) is 14.3 Å². The van der Waals surface area contributed by atoms with Crippen LogP contribution in [0.2, 0.25) is 0 Å². The fourth-order valence-corrected chi connectivity index (χ4v) is 1.95. The molecule has 0 aromatic carbocycles. The number of carbonyl (C=O) groups excluding carboxylic acids is 1. The summed E-state index contributed by atoms with van der Waals surface area (Å²) >= 11 is 0. The van der Waals surface area contributed by atoms with Gasteiger partial charge in [0.1, 0.15) is 6.10 Å². The first-order valence-electron chi connectivity index (χ1n) is 5.50. The highest BCUT2D eigenvalue weighted by molar-refractivity contribution is 5.81. The zero-order chi connectivity index (χ0) is 10.7. The number of nitrogens with zero attached hydrogens (tertiary/aromatic N) is 1. The second kappa shape index (κ2) is 4.92. The van der Waals surface area contributed by atoms with Gasteiger partial charge in [-0.3, -0.25) is 4.79 Å². The molecule has 2 aliphatic heterocycles. The highest BCUT2D eigenvalue weighted by Gasteiger charge is 2.29. The Hall–Kier alpha value is -0.650. The molecule has 1 N–H and O–H groups in total. The van der Waals surface area contributed by atoms with Crippen LogP contribution in [0.4, 0.5) is 0 Å². The topological polar surface area (TPSA) is 50.8 Å². The molecule has 2 rings (SSSR count). The van der Waals surface area contributed by atoms with Crippen molar-refractivity contribution in [1.82, 2.24) is 10.2 Å². The third kappa shape index (κ3) is 2.68. The minimum absolute atomic E-state index is 0.0948. The van der Waals surface area contributed by atoms with E-state index in [-0.39, 0.29) is 18.1 Å². The van der Waals surface area contributed by atoms with E-state index in [1.807, 2.05) is 11.8 Å². The highest BCUT2D eigenvalue weighted by Crippen LogP contribution is 2.08. The summed E-state index contributed by atoms with van der Waals surface area (Å²) in [6.45, 7) is 6.07. The predicted molar refractivity (Wildman–Crippen MR) is 54.6 cm³/mol. The molecule has 0 aromatic rings. The van der Waals surface area contributed by atoms with Crippen LogP contribution >= 0.6 is 0 Å². The molecule has 2 saturated heterocycles. The van der Waals surface area contributed by atoms with Crippen LogP contribution in [0.15, 0.2) is 0 Å². The number of carbonyl (C=O) groups is 1. The molecule has 0 saturated carbocycles. The summed E-state index contributed by atoms with van der Waals surface area (Å²) in [5.41, 5.74) is 0. The third-order valence-corrected chi connectivity index (χ3v) is 2.76. The smallest absolute Gasteiger partial charge is 0.253 e. The molecule has 0 bridgehead atoms. The number of amides is 1. The molecular weight excluding hydrogens is 196 g/mol. The lowest BCUT2D eigenvalue weighted by Gasteiger charge is -2.34. The van der Waals surface area contributed by atoms with Crippen LogP contribution in [0.3, 0.4) is 0 Å². The van der Waals surface area contributed by atoms with Gasteiger partial charge in [0, 0.05) is 26.2 Å². The zero-order valence-electron chi connectivity index (χ0n) is 9.07. The van der Waals surface area contributed by atoms with Crippen molar-refractivity contribution < 1.29 is 14.3 Å². The number of hydrogen-bond donors (Lipinski definition) is 1. The molecule has 86 valence electrons. The molecule has 0 spiro atoms. The number of morpholine rings is 2. The Balaban J connectivity index is 1.88. The van der Waals surface area contributed by atoms with E-state index in [4.69, 9.17) is 9.47 Å². The summed E-state index contributed by atoms with van der Waals surface area (Å²) in [4.78, 5) is 13.8. The van der Waals surface area contributed by atoms with Gasteiger partial charge in [-0.2, -0.15) is 0 Å². The van der Waals surface area contributed by atoms with Crippen molar-refractivity contribution in [1.29, 1.82) is 0 Å². The molecule has 0 radical (unpaired) electrons. The van der Waals surface area contributed by atoms with Crippen LogP contribution in [-0.4, -0.2) is 62.4 Å². The van der Waals surface area contributed by atoms with Crippen LogP contribution in [0, 0.1) is 0 Å². The average Bonchev–Trinajstić information content (AvgIpc) is 2.29. The summed E-state index contributed by atoms with van der Waals surface area (Å²) in [5, 5.41) is 3.16. The third-order valence-electron chi connectivity index (χ3n) is 2.76. The van der Waals surface area contributed by atoms with Gasteiger partial charge in [0.2, 0.25) is 0 Å². The first kappa shape index (κ1) is 10.9. The van der Waals surface area contributed by atoms with E-state index in [2.05, 4.69) is 5.32 Å². The van der Waals surface area contributed by atoms with E-state index in [0.29, 0.717) is 32.8 Å². The van der Waals surface area contributed by atoms with Gasteiger partial charge in [0.05, 0.1) is 19.3 Å². The van der Waals surface area contributed by atoms with Crippen LogP contribution in [0.1, 0.15) is 6.92 Å². The van der Waals surface area contributed by atoms with E-state index in [1.54, 1.807) is 0 Å². The Morgan fingerprint density at radius 2 is 2.27 bits per heavy atom.